The third-order valence-electron chi connectivity index (χ3n) is 2.30. The minimum Gasteiger partial charge on any atom is -0.395 e. The second-order valence-corrected chi connectivity index (χ2v) is 3.41. The van der Waals surface area contributed by atoms with Crippen LogP contribution in [-0.2, 0) is 6.18 Å². The van der Waals surface area contributed by atoms with Crippen LogP contribution in [0, 0.1) is 5.92 Å². The molecule has 0 heterocycles. The fraction of sp³-hybridized carbons (Fsp3) is 0.250. The first-order valence-corrected chi connectivity index (χ1v) is 4.68. The molecule has 0 bridgehead atoms. The molecule has 0 aliphatic heterocycles. The van der Waals surface area contributed by atoms with E-state index in [1.54, 1.807) is 0 Å². The van der Waals surface area contributed by atoms with Crippen molar-refractivity contribution < 1.29 is 18.3 Å². The van der Waals surface area contributed by atoms with Gasteiger partial charge in [0, 0.05) is 5.92 Å². The average molecular weight is 229 g/mol. The summed E-state index contributed by atoms with van der Waals surface area (Å²) in [5, 5.41) is 8.91. The molecule has 1 rings (SSSR count). The molecule has 1 aromatic rings. The van der Waals surface area contributed by atoms with Gasteiger partial charge in [0.05, 0.1) is 12.2 Å². The summed E-state index contributed by atoms with van der Waals surface area (Å²) in [7, 11) is 0. The number of halogens is 3. The highest BCUT2D eigenvalue weighted by molar-refractivity contribution is 5.58. The summed E-state index contributed by atoms with van der Waals surface area (Å²) in [5.41, 5.74) is -0.693. The van der Waals surface area contributed by atoms with Crippen molar-refractivity contribution in [1.29, 1.82) is 0 Å². The summed E-state index contributed by atoms with van der Waals surface area (Å²) in [5.74, 6) is 0.288. The fourth-order valence-electron chi connectivity index (χ4n) is 1.50. The number of alkyl halides is 3. The zero-order chi connectivity index (χ0) is 12.3. The monoisotopic (exact) mass is 229 g/mol. The number of aliphatic hydroxyl groups excluding tert-OH is 1. The maximum Gasteiger partial charge on any atom is 0.417 e. The van der Waals surface area contributed by atoms with E-state index >= 15 is 0 Å². The molecule has 87 valence electrons. The van der Waals surface area contributed by atoms with Gasteiger partial charge in [0.1, 0.15) is 0 Å². The molecule has 0 spiro atoms. The van der Waals surface area contributed by atoms with Crippen LogP contribution in [0.25, 0.3) is 6.08 Å². The first-order valence-electron chi connectivity index (χ1n) is 4.68. The lowest BCUT2D eigenvalue weighted by atomic mass is 9.92. The summed E-state index contributed by atoms with van der Waals surface area (Å²) in [6.07, 6.45) is -3.28. The largest absolute Gasteiger partial charge is 0.417 e. The molecule has 0 saturated carbocycles. The fourth-order valence-corrected chi connectivity index (χ4v) is 1.50. The van der Waals surface area contributed by atoms with E-state index in [1.165, 1.54) is 25.1 Å². The van der Waals surface area contributed by atoms with Gasteiger partial charge in [-0.3, -0.25) is 0 Å². The van der Waals surface area contributed by atoms with Crippen molar-refractivity contribution in [3.05, 3.63) is 47.4 Å². The van der Waals surface area contributed by atoms with Crippen molar-refractivity contribution in [3.63, 3.8) is 0 Å². The number of hydrogen-bond donors (Lipinski definition) is 1. The van der Waals surface area contributed by atoms with Crippen LogP contribution in [0.2, 0.25) is 0 Å². The molecule has 0 amide bonds. The van der Waals surface area contributed by atoms with Gasteiger partial charge >= 0.3 is 6.18 Å². The smallest absolute Gasteiger partial charge is 0.395 e. The number of hydrogen-bond acceptors (Lipinski definition) is 1. The van der Waals surface area contributed by atoms with Crippen LogP contribution in [0.3, 0.4) is 0 Å². The van der Waals surface area contributed by atoms with Gasteiger partial charge in [0.15, 0.2) is 0 Å². The predicted octanol–water partition coefficient (Wildman–Crippen LogP) is 3.28. The molecule has 16 heavy (non-hydrogen) atoms. The van der Waals surface area contributed by atoms with Crippen molar-refractivity contribution in [2.45, 2.75) is 13.1 Å². The minimum absolute atomic E-state index is 0.0207. The summed E-state index contributed by atoms with van der Waals surface area (Å²) in [6, 6.07) is 4.21. The Balaban J connectivity index is 3.44. The summed E-state index contributed by atoms with van der Waals surface area (Å²) in [6.45, 7) is 4.43. The molecular weight excluding hydrogens is 217 g/mol. The topological polar surface area (TPSA) is 20.2 Å². The number of benzene rings is 1. The van der Waals surface area contributed by atoms with Gasteiger partial charge in [-0.25, -0.2) is 0 Å². The Bertz CT molecular complexity index is 382. The second-order valence-electron chi connectivity index (χ2n) is 3.41. The van der Waals surface area contributed by atoms with Gasteiger partial charge in [-0.15, -0.1) is 0 Å². The van der Waals surface area contributed by atoms with Crippen LogP contribution in [-0.4, -0.2) is 11.7 Å². The molecule has 0 aromatic heterocycles. The number of aliphatic hydroxyl groups is 1. The standard InChI is InChI=1S/C12H12F3O/c1-3-9-5-4-6-10(8(2)7-16)11(9)12(13,14)15/h3-6,16H,1,7H2,2H3. The second kappa shape index (κ2) is 4.70. The normalized spacial score (nSPS) is 11.9. The molecular formula is C12H12F3O. The summed E-state index contributed by atoms with van der Waals surface area (Å²) >= 11 is 0. The highest BCUT2D eigenvalue weighted by atomic mass is 19.4. The molecule has 0 fully saturated rings. The molecule has 0 atom stereocenters. The quantitative estimate of drug-likeness (QED) is 0.843. The first kappa shape index (κ1) is 12.8. The van der Waals surface area contributed by atoms with E-state index in [1.807, 2.05) is 0 Å². The van der Waals surface area contributed by atoms with E-state index in [9.17, 15) is 13.2 Å². The third-order valence-corrected chi connectivity index (χ3v) is 2.30. The predicted molar refractivity (Wildman–Crippen MR) is 56.6 cm³/mol. The van der Waals surface area contributed by atoms with Crippen molar-refractivity contribution in [3.8, 4) is 0 Å². The van der Waals surface area contributed by atoms with Crippen LogP contribution in [0.1, 0.15) is 23.6 Å². The molecule has 0 aliphatic carbocycles. The third kappa shape index (κ3) is 2.44. The Morgan fingerprint density at radius 3 is 2.50 bits per heavy atom. The number of rotatable bonds is 3. The Morgan fingerprint density at radius 2 is 2.06 bits per heavy atom. The molecule has 0 saturated heterocycles. The van der Waals surface area contributed by atoms with Gasteiger partial charge in [-0.2, -0.15) is 13.2 Å². The molecule has 0 aliphatic rings. The van der Waals surface area contributed by atoms with Crippen molar-refractivity contribution in [2.75, 3.05) is 6.61 Å². The van der Waals surface area contributed by atoms with Gasteiger partial charge in [0.25, 0.3) is 0 Å². The molecule has 1 radical (unpaired) electrons. The van der Waals surface area contributed by atoms with Crippen molar-refractivity contribution >= 4 is 6.08 Å². The van der Waals surface area contributed by atoms with Gasteiger partial charge in [-0.1, -0.05) is 37.8 Å². The summed E-state index contributed by atoms with van der Waals surface area (Å²) in [4.78, 5) is 0. The van der Waals surface area contributed by atoms with Crippen LogP contribution >= 0.6 is 0 Å². The highest BCUT2D eigenvalue weighted by Crippen LogP contribution is 2.37. The lowest BCUT2D eigenvalue weighted by Crippen LogP contribution is -2.14. The molecule has 1 nitrogen and oxygen atoms in total. The maximum absolute atomic E-state index is 12.8. The molecule has 1 N–H and O–H groups in total. The van der Waals surface area contributed by atoms with Gasteiger partial charge < -0.3 is 5.11 Å². The minimum atomic E-state index is -4.45. The van der Waals surface area contributed by atoms with Gasteiger partial charge in [-0.05, 0) is 11.1 Å². The van der Waals surface area contributed by atoms with Crippen molar-refractivity contribution in [1.82, 2.24) is 0 Å². The molecule has 0 unspecified atom stereocenters. The molecule has 1 aromatic carbocycles. The van der Waals surface area contributed by atoms with Crippen LogP contribution < -0.4 is 0 Å². The van der Waals surface area contributed by atoms with E-state index in [-0.39, 0.29) is 17.0 Å². The van der Waals surface area contributed by atoms with Crippen LogP contribution in [0.15, 0.2) is 24.8 Å². The van der Waals surface area contributed by atoms with Crippen molar-refractivity contribution in [2.24, 2.45) is 0 Å². The lowest BCUT2D eigenvalue weighted by Gasteiger charge is -2.18. The lowest BCUT2D eigenvalue weighted by molar-refractivity contribution is -0.138. The van der Waals surface area contributed by atoms with Crippen LogP contribution in [0.5, 0.6) is 0 Å². The van der Waals surface area contributed by atoms with E-state index in [0.717, 1.165) is 6.08 Å². The Hall–Kier alpha value is -1.29. The average Bonchev–Trinajstić information content (AvgIpc) is 2.25. The van der Waals surface area contributed by atoms with Crippen LogP contribution in [0.4, 0.5) is 13.2 Å². The van der Waals surface area contributed by atoms with E-state index in [4.69, 9.17) is 5.11 Å². The Labute approximate surface area is 92.2 Å². The first-order chi connectivity index (χ1) is 7.41. The Kier molecular flexibility index (Phi) is 3.75. The van der Waals surface area contributed by atoms with E-state index in [0.29, 0.717) is 0 Å². The Morgan fingerprint density at radius 1 is 1.44 bits per heavy atom. The maximum atomic E-state index is 12.8. The van der Waals surface area contributed by atoms with E-state index in [2.05, 4.69) is 6.58 Å². The molecule has 4 heteroatoms. The van der Waals surface area contributed by atoms with E-state index < -0.39 is 18.3 Å². The zero-order valence-electron chi connectivity index (χ0n) is 8.80. The van der Waals surface area contributed by atoms with Gasteiger partial charge in [0.2, 0.25) is 0 Å². The SMILES string of the molecule is C=Cc1cccc([C](C)CO)c1C(F)(F)F. The highest BCUT2D eigenvalue weighted by Gasteiger charge is 2.36. The summed E-state index contributed by atoms with van der Waals surface area (Å²) < 4.78 is 38.5. The zero-order valence-corrected chi connectivity index (χ0v) is 8.80.